The lowest BCUT2D eigenvalue weighted by atomic mass is 10.3. The summed E-state index contributed by atoms with van der Waals surface area (Å²) in [6, 6.07) is 3.46. The third kappa shape index (κ3) is 1.44. The first-order valence-corrected chi connectivity index (χ1v) is 4.67. The van der Waals surface area contributed by atoms with Gasteiger partial charge in [0.1, 0.15) is 17.1 Å². The molecule has 0 aromatic carbocycles. The maximum Gasteiger partial charge on any atom is 0.141 e. The van der Waals surface area contributed by atoms with Crippen LogP contribution in [0.2, 0.25) is 0 Å². The summed E-state index contributed by atoms with van der Waals surface area (Å²) in [7, 11) is 0. The van der Waals surface area contributed by atoms with E-state index in [0.717, 1.165) is 24.2 Å². The highest BCUT2D eigenvalue weighted by atomic mass is 16.3. The molecule has 0 fully saturated rings. The average Bonchev–Trinajstić information content (AvgIpc) is 2.60. The molecule has 0 bridgehead atoms. The zero-order chi connectivity index (χ0) is 9.97. The van der Waals surface area contributed by atoms with E-state index >= 15 is 0 Å². The molecule has 74 valence electrons. The fraction of sp³-hybridized carbons (Fsp3) is 0.300. The SMILES string of the molecule is NCCCc1ncc2c(O)cccn12. The van der Waals surface area contributed by atoms with Gasteiger partial charge < -0.3 is 15.2 Å². The molecule has 4 nitrogen and oxygen atoms in total. The molecule has 0 atom stereocenters. The summed E-state index contributed by atoms with van der Waals surface area (Å²) in [5, 5.41) is 9.52. The lowest BCUT2D eigenvalue weighted by Gasteiger charge is -2.00. The molecule has 4 heteroatoms. The van der Waals surface area contributed by atoms with Gasteiger partial charge in [0.05, 0.1) is 6.20 Å². The van der Waals surface area contributed by atoms with Crippen LogP contribution in [0.1, 0.15) is 12.2 Å². The molecule has 0 aliphatic heterocycles. The molecule has 0 unspecified atom stereocenters. The summed E-state index contributed by atoms with van der Waals surface area (Å²) in [6.45, 7) is 0.660. The highest BCUT2D eigenvalue weighted by Crippen LogP contribution is 2.18. The van der Waals surface area contributed by atoms with Crippen LogP contribution in [0.3, 0.4) is 0 Å². The van der Waals surface area contributed by atoms with Crippen molar-refractivity contribution in [1.82, 2.24) is 9.38 Å². The van der Waals surface area contributed by atoms with Crippen molar-refractivity contribution in [3.63, 3.8) is 0 Å². The number of hydrogen-bond acceptors (Lipinski definition) is 3. The van der Waals surface area contributed by atoms with Gasteiger partial charge in [-0.3, -0.25) is 0 Å². The van der Waals surface area contributed by atoms with E-state index in [1.165, 1.54) is 0 Å². The van der Waals surface area contributed by atoms with Crippen LogP contribution in [0.4, 0.5) is 0 Å². The minimum atomic E-state index is 0.263. The molecule has 0 aliphatic carbocycles. The summed E-state index contributed by atoms with van der Waals surface area (Å²) >= 11 is 0. The Labute approximate surface area is 82.0 Å². The van der Waals surface area contributed by atoms with Gasteiger partial charge in [-0.15, -0.1) is 0 Å². The van der Waals surface area contributed by atoms with Crippen LogP contribution in [-0.2, 0) is 6.42 Å². The normalized spacial score (nSPS) is 10.9. The first-order chi connectivity index (χ1) is 6.83. The average molecular weight is 191 g/mol. The Morgan fingerprint density at radius 1 is 1.50 bits per heavy atom. The van der Waals surface area contributed by atoms with Gasteiger partial charge in [-0.2, -0.15) is 0 Å². The Bertz CT molecular complexity index is 436. The predicted molar refractivity (Wildman–Crippen MR) is 54.2 cm³/mol. The zero-order valence-electron chi connectivity index (χ0n) is 7.85. The van der Waals surface area contributed by atoms with Crippen LogP contribution in [0.25, 0.3) is 5.52 Å². The zero-order valence-corrected chi connectivity index (χ0v) is 7.85. The van der Waals surface area contributed by atoms with E-state index in [-0.39, 0.29) is 5.75 Å². The second-order valence-electron chi connectivity index (χ2n) is 3.22. The molecule has 2 rings (SSSR count). The minimum absolute atomic E-state index is 0.263. The van der Waals surface area contributed by atoms with E-state index in [2.05, 4.69) is 4.98 Å². The first-order valence-electron chi connectivity index (χ1n) is 4.67. The number of nitrogens with two attached hydrogens (primary N) is 1. The number of pyridine rings is 1. The van der Waals surface area contributed by atoms with E-state index in [9.17, 15) is 5.11 Å². The maximum atomic E-state index is 9.52. The van der Waals surface area contributed by atoms with Crippen molar-refractivity contribution in [3.8, 4) is 5.75 Å². The van der Waals surface area contributed by atoms with Crippen LogP contribution in [0, 0.1) is 0 Å². The van der Waals surface area contributed by atoms with Gasteiger partial charge in [0, 0.05) is 12.6 Å². The van der Waals surface area contributed by atoms with E-state index < -0.39 is 0 Å². The predicted octanol–water partition coefficient (Wildman–Crippen LogP) is 0.931. The second-order valence-corrected chi connectivity index (χ2v) is 3.22. The fourth-order valence-corrected chi connectivity index (χ4v) is 1.51. The Kier molecular flexibility index (Phi) is 2.37. The highest BCUT2D eigenvalue weighted by Gasteiger charge is 2.04. The van der Waals surface area contributed by atoms with Crippen molar-refractivity contribution >= 4 is 5.52 Å². The Balaban J connectivity index is 2.42. The van der Waals surface area contributed by atoms with Crippen molar-refractivity contribution in [2.75, 3.05) is 6.54 Å². The van der Waals surface area contributed by atoms with Crippen molar-refractivity contribution in [1.29, 1.82) is 0 Å². The number of aromatic hydroxyl groups is 1. The van der Waals surface area contributed by atoms with Crippen LogP contribution in [-0.4, -0.2) is 21.0 Å². The third-order valence-electron chi connectivity index (χ3n) is 2.23. The van der Waals surface area contributed by atoms with Gasteiger partial charge in [0.2, 0.25) is 0 Å². The molecule has 0 saturated heterocycles. The number of aryl methyl sites for hydroxylation is 1. The van der Waals surface area contributed by atoms with Crippen LogP contribution >= 0.6 is 0 Å². The number of aromatic nitrogens is 2. The molecule has 2 heterocycles. The van der Waals surface area contributed by atoms with Crippen molar-refractivity contribution in [2.45, 2.75) is 12.8 Å². The first kappa shape index (κ1) is 9.02. The van der Waals surface area contributed by atoms with Gasteiger partial charge in [-0.05, 0) is 25.1 Å². The van der Waals surface area contributed by atoms with Gasteiger partial charge in [0.15, 0.2) is 0 Å². The molecule has 0 saturated carbocycles. The number of imidazole rings is 1. The molecular formula is C10H13N3O. The largest absolute Gasteiger partial charge is 0.506 e. The standard InChI is InChI=1S/C10H13N3O/c11-5-1-4-10-12-7-8-9(14)3-2-6-13(8)10/h2-3,6-7,14H,1,4-5,11H2. The molecule has 2 aromatic heterocycles. The molecule has 2 aromatic rings. The summed E-state index contributed by atoms with van der Waals surface area (Å²) in [5.74, 6) is 1.21. The van der Waals surface area contributed by atoms with E-state index in [0.29, 0.717) is 6.54 Å². The van der Waals surface area contributed by atoms with Gasteiger partial charge in [-0.1, -0.05) is 0 Å². The smallest absolute Gasteiger partial charge is 0.141 e. The highest BCUT2D eigenvalue weighted by molar-refractivity contribution is 5.58. The van der Waals surface area contributed by atoms with Gasteiger partial charge in [0.25, 0.3) is 0 Å². The van der Waals surface area contributed by atoms with Gasteiger partial charge in [-0.25, -0.2) is 4.98 Å². The maximum absolute atomic E-state index is 9.52. The number of hydrogen-bond donors (Lipinski definition) is 2. The molecule has 0 amide bonds. The number of rotatable bonds is 3. The number of nitrogens with zero attached hydrogens (tertiary/aromatic N) is 2. The van der Waals surface area contributed by atoms with Crippen LogP contribution in [0.5, 0.6) is 5.75 Å². The lowest BCUT2D eigenvalue weighted by molar-refractivity contribution is 0.479. The minimum Gasteiger partial charge on any atom is -0.506 e. The molecule has 0 spiro atoms. The Morgan fingerprint density at radius 2 is 2.36 bits per heavy atom. The van der Waals surface area contributed by atoms with Crippen molar-refractivity contribution < 1.29 is 5.11 Å². The van der Waals surface area contributed by atoms with Gasteiger partial charge >= 0.3 is 0 Å². The quantitative estimate of drug-likeness (QED) is 0.758. The molecule has 3 N–H and O–H groups in total. The third-order valence-corrected chi connectivity index (χ3v) is 2.23. The monoisotopic (exact) mass is 191 g/mol. The van der Waals surface area contributed by atoms with Crippen LogP contribution < -0.4 is 5.73 Å². The summed E-state index contributed by atoms with van der Waals surface area (Å²) < 4.78 is 1.89. The van der Waals surface area contributed by atoms with E-state index in [1.807, 2.05) is 10.6 Å². The molecule has 0 aliphatic rings. The second kappa shape index (κ2) is 3.67. The Hall–Kier alpha value is -1.55. The molecule has 14 heavy (non-hydrogen) atoms. The van der Waals surface area contributed by atoms with E-state index in [4.69, 9.17) is 5.73 Å². The Morgan fingerprint density at radius 3 is 3.14 bits per heavy atom. The number of fused-ring (bicyclic) bond motifs is 1. The fourth-order valence-electron chi connectivity index (χ4n) is 1.51. The lowest BCUT2D eigenvalue weighted by Crippen LogP contribution is -2.02. The summed E-state index contributed by atoms with van der Waals surface area (Å²) in [5.41, 5.74) is 6.18. The summed E-state index contributed by atoms with van der Waals surface area (Å²) in [4.78, 5) is 4.24. The van der Waals surface area contributed by atoms with Crippen molar-refractivity contribution in [3.05, 3.63) is 30.4 Å². The topological polar surface area (TPSA) is 63.5 Å². The molecule has 0 radical (unpaired) electrons. The van der Waals surface area contributed by atoms with Crippen LogP contribution in [0.15, 0.2) is 24.5 Å². The molecular weight excluding hydrogens is 178 g/mol. The van der Waals surface area contributed by atoms with E-state index in [1.54, 1.807) is 18.3 Å². The summed E-state index contributed by atoms with van der Waals surface area (Å²) in [6.07, 6.45) is 5.33. The van der Waals surface area contributed by atoms with Crippen molar-refractivity contribution in [2.24, 2.45) is 5.73 Å².